The van der Waals surface area contributed by atoms with E-state index in [4.69, 9.17) is 5.11 Å². The molecular weight excluding hydrogens is 260 g/mol. The lowest BCUT2D eigenvalue weighted by atomic mass is 9.99. The summed E-state index contributed by atoms with van der Waals surface area (Å²) in [5.74, 6) is -0.418. The minimum atomic E-state index is -4.50. The van der Waals surface area contributed by atoms with E-state index in [-0.39, 0.29) is 5.56 Å². The predicted molar refractivity (Wildman–Crippen MR) is 62.8 cm³/mol. The summed E-state index contributed by atoms with van der Waals surface area (Å²) in [5, 5.41) is 9.04. The highest BCUT2D eigenvalue weighted by molar-refractivity contribution is 5.65. The van der Waals surface area contributed by atoms with Crippen LogP contribution in [0.4, 0.5) is 17.6 Å². The van der Waals surface area contributed by atoms with Crippen LogP contribution in [0.1, 0.15) is 11.1 Å². The zero-order valence-electron chi connectivity index (χ0n) is 9.71. The van der Waals surface area contributed by atoms with Gasteiger partial charge in [-0.15, -0.1) is 0 Å². The SMILES string of the molecule is OCc1cc(-c2ccc(F)cc2)ccc1C(F)(F)F. The molecule has 19 heavy (non-hydrogen) atoms. The van der Waals surface area contributed by atoms with Gasteiger partial charge < -0.3 is 5.11 Å². The molecule has 0 fully saturated rings. The second-order valence-electron chi connectivity index (χ2n) is 4.03. The molecule has 0 unspecified atom stereocenters. The number of rotatable bonds is 2. The van der Waals surface area contributed by atoms with Crippen LogP contribution in [-0.2, 0) is 12.8 Å². The number of aliphatic hydroxyl groups excluding tert-OH is 1. The van der Waals surface area contributed by atoms with Gasteiger partial charge in [0.2, 0.25) is 0 Å². The molecule has 2 rings (SSSR count). The molecule has 0 heterocycles. The van der Waals surface area contributed by atoms with Gasteiger partial charge in [-0.25, -0.2) is 4.39 Å². The van der Waals surface area contributed by atoms with Crippen molar-refractivity contribution in [3.63, 3.8) is 0 Å². The zero-order chi connectivity index (χ0) is 14.0. The lowest BCUT2D eigenvalue weighted by Gasteiger charge is -2.13. The van der Waals surface area contributed by atoms with Gasteiger partial charge in [-0.1, -0.05) is 18.2 Å². The number of hydrogen-bond donors (Lipinski definition) is 1. The van der Waals surface area contributed by atoms with Gasteiger partial charge in [-0.05, 0) is 41.0 Å². The third-order valence-corrected chi connectivity index (χ3v) is 2.76. The maximum Gasteiger partial charge on any atom is 0.416 e. The first-order valence-electron chi connectivity index (χ1n) is 5.49. The maximum absolute atomic E-state index is 12.8. The van der Waals surface area contributed by atoms with Crippen molar-refractivity contribution in [2.45, 2.75) is 12.8 Å². The highest BCUT2D eigenvalue weighted by Gasteiger charge is 2.33. The molecule has 2 aromatic rings. The average Bonchev–Trinajstić information content (AvgIpc) is 2.38. The summed E-state index contributed by atoms with van der Waals surface area (Å²) in [6.07, 6.45) is -4.50. The molecule has 5 heteroatoms. The number of halogens is 4. The zero-order valence-corrected chi connectivity index (χ0v) is 9.71. The standard InChI is InChI=1S/C14H10F4O/c15-12-4-1-9(2-5-12)10-3-6-13(14(16,17)18)11(7-10)8-19/h1-7,19H,8H2. The molecule has 0 saturated carbocycles. The first kappa shape index (κ1) is 13.5. The Morgan fingerprint density at radius 2 is 1.47 bits per heavy atom. The fourth-order valence-corrected chi connectivity index (χ4v) is 1.82. The predicted octanol–water partition coefficient (Wildman–Crippen LogP) is 4.00. The van der Waals surface area contributed by atoms with Crippen LogP contribution < -0.4 is 0 Å². The molecule has 0 bridgehead atoms. The van der Waals surface area contributed by atoms with Gasteiger partial charge in [0.15, 0.2) is 0 Å². The Morgan fingerprint density at radius 1 is 0.895 bits per heavy atom. The Bertz CT molecular complexity index is 573. The lowest BCUT2D eigenvalue weighted by Crippen LogP contribution is -2.09. The monoisotopic (exact) mass is 270 g/mol. The van der Waals surface area contributed by atoms with E-state index in [1.165, 1.54) is 36.4 Å². The summed E-state index contributed by atoms with van der Waals surface area (Å²) in [6, 6.07) is 8.88. The minimum absolute atomic E-state index is 0.200. The first-order chi connectivity index (χ1) is 8.91. The van der Waals surface area contributed by atoms with Gasteiger partial charge in [0.25, 0.3) is 0 Å². The van der Waals surface area contributed by atoms with Crippen LogP contribution in [0.3, 0.4) is 0 Å². The lowest BCUT2D eigenvalue weighted by molar-refractivity contribution is -0.138. The van der Waals surface area contributed by atoms with Crippen LogP contribution in [0.15, 0.2) is 42.5 Å². The third-order valence-electron chi connectivity index (χ3n) is 2.76. The van der Waals surface area contributed by atoms with Crippen molar-refractivity contribution in [3.8, 4) is 11.1 Å². The third kappa shape index (κ3) is 2.93. The Morgan fingerprint density at radius 3 is 2.00 bits per heavy atom. The van der Waals surface area contributed by atoms with Crippen LogP contribution in [0.25, 0.3) is 11.1 Å². The second-order valence-corrected chi connectivity index (χ2v) is 4.03. The van der Waals surface area contributed by atoms with Crippen LogP contribution in [0.2, 0.25) is 0 Å². The first-order valence-corrected chi connectivity index (χ1v) is 5.49. The Hall–Kier alpha value is -1.88. The van der Waals surface area contributed by atoms with Gasteiger partial charge in [0.05, 0.1) is 12.2 Å². The summed E-state index contributed by atoms with van der Waals surface area (Å²) in [5.41, 5.74) is 0.0251. The van der Waals surface area contributed by atoms with Crippen molar-refractivity contribution in [2.75, 3.05) is 0 Å². The molecule has 0 aliphatic heterocycles. The second kappa shape index (κ2) is 5.01. The van der Waals surface area contributed by atoms with E-state index >= 15 is 0 Å². The van der Waals surface area contributed by atoms with Crippen molar-refractivity contribution in [1.29, 1.82) is 0 Å². The van der Waals surface area contributed by atoms with Gasteiger partial charge in [0.1, 0.15) is 5.82 Å². The molecule has 0 radical (unpaired) electrons. The Kier molecular flexibility index (Phi) is 3.57. The van der Waals surface area contributed by atoms with E-state index in [1.54, 1.807) is 0 Å². The van der Waals surface area contributed by atoms with Crippen LogP contribution in [-0.4, -0.2) is 5.11 Å². The average molecular weight is 270 g/mol. The molecule has 100 valence electrons. The molecule has 0 aliphatic rings. The van der Waals surface area contributed by atoms with E-state index in [0.29, 0.717) is 11.1 Å². The van der Waals surface area contributed by atoms with Crippen molar-refractivity contribution in [1.82, 2.24) is 0 Å². The van der Waals surface area contributed by atoms with Crippen LogP contribution in [0, 0.1) is 5.82 Å². The number of aliphatic hydroxyl groups is 1. The largest absolute Gasteiger partial charge is 0.416 e. The molecule has 2 aromatic carbocycles. The van der Waals surface area contributed by atoms with Crippen LogP contribution >= 0.6 is 0 Å². The van der Waals surface area contributed by atoms with Gasteiger partial charge >= 0.3 is 6.18 Å². The van der Waals surface area contributed by atoms with Crippen molar-refractivity contribution in [2.24, 2.45) is 0 Å². The van der Waals surface area contributed by atoms with Gasteiger partial charge in [-0.3, -0.25) is 0 Å². The summed E-state index contributed by atoms with van der Waals surface area (Å²) in [6.45, 7) is -0.704. The molecule has 0 aromatic heterocycles. The Labute approximate surface area is 107 Å². The molecule has 0 aliphatic carbocycles. The number of benzene rings is 2. The van der Waals surface area contributed by atoms with Crippen molar-refractivity contribution < 1.29 is 22.7 Å². The smallest absolute Gasteiger partial charge is 0.392 e. The minimum Gasteiger partial charge on any atom is -0.392 e. The molecular formula is C14H10F4O. The molecule has 1 N–H and O–H groups in total. The normalized spacial score (nSPS) is 11.6. The highest BCUT2D eigenvalue weighted by Crippen LogP contribution is 2.34. The number of alkyl halides is 3. The number of hydrogen-bond acceptors (Lipinski definition) is 1. The summed E-state index contributed by atoms with van der Waals surface area (Å²) in [7, 11) is 0. The maximum atomic E-state index is 12.8. The van der Waals surface area contributed by atoms with E-state index < -0.39 is 24.2 Å². The van der Waals surface area contributed by atoms with E-state index in [1.807, 2.05) is 0 Å². The van der Waals surface area contributed by atoms with E-state index in [0.717, 1.165) is 6.07 Å². The summed E-state index contributed by atoms with van der Waals surface area (Å²) < 4.78 is 50.8. The molecule has 0 spiro atoms. The van der Waals surface area contributed by atoms with Crippen LogP contribution in [0.5, 0.6) is 0 Å². The van der Waals surface area contributed by atoms with E-state index in [9.17, 15) is 17.6 Å². The van der Waals surface area contributed by atoms with Crippen molar-refractivity contribution in [3.05, 3.63) is 59.4 Å². The van der Waals surface area contributed by atoms with Crippen molar-refractivity contribution >= 4 is 0 Å². The molecule has 0 atom stereocenters. The highest BCUT2D eigenvalue weighted by atomic mass is 19.4. The quantitative estimate of drug-likeness (QED) is 0.818. The summed E-state index contributed by atoms with van der Waals surface area (Å²) in [4.78, 5) is 0. The molecule has 1 nitrogen and oxygen atoms in total. The topological polar surface area (TPSA) is 20.2 Å². The molecule has 0 saturated heterocycles. The fraction of sp³-hybridized carbons (Fsp3) is 0.143. The summed E-state index contributed by atoms with van der Waals surface area (Å²) >= 11 is 0. The fourth-order valence-electron chi connectivity index (χ4n) is 1.82. The van der Waals surface area contributed by atoms with Gasteiger partial charge in [-0.2, -0.15) is 13.2 Å². The molecule has 0 amide bonds. The van der Waals surface area contributed by atoms with Gasteiger partial charge in [0, 0.05) is 0 Å². The van der Waals surface area contributed by atoms with E-state index in [2.05, 4.69) is 0 Å². The Balaban J connectivity index is 2.47.